The Bertz CT molecular complexity index is 469. The van der Waals surface area contributed by atoms with Crippen LogP contribution in [-0.2, 0) is 0 Å². The first-order chi connectivity index (χ1) is 9.22. The molecule has 5 aliphatic rings. The predicted octanol–water partition coefficient (Wildman–Crippen LogP) is 3.20. The zero-order chi connectivity index (χ0) is 12.9. The number of piperidine rings is 1. The molecule has 0 N–H and O–H groups in total. The quantitative estimate of drug-likeness (QED) is 0.538. The highest BCUT2D eigenvalue weighted by atomic mass is 16.5. The molecular formula is C15H21N2O2-. The van der Waals surface area contributed by atoms with E-state index in [-0.39, 0.29) is 11.1 Å². The standard InChI is InChI=1S/C15H21N2O2/c18-16-13-6-2-1-4-10(8-13)12-11-5-3-7-14(9-11)15(12,13)17(14)19/h10-12H,1-9H2/q-1. The first kappa shape index (κ1) is 11.2. The summed E-state index contributed by atoms with van der Waals surface area (Å²) in [6, 6.07) is 0. The lowest BCUT2D eigenvalue weighted by Gasteiger charge is -2.38. The summed E-state index contributed by atoms with van der Waals surface area (Å²) in [4.78, 5) is 11.8. The molecule has 7 unspecified atom stereocenters. The smallest absolute Gasteiger partial charge is 0.122 e. The van der Waals surface area contributed by atoms with Crippen molar-refractivity contribution in [3.8, 4) is 0 Å². The van der Waals surface area contributed by atoms with Crippen molar-refractivity contribution in [1.29, 1.82) is 0 Å². The zero-order valence-electron chi connectivity index (χ0n) is 11.3. The molecule has 0 aromatic carbocycles. The van der Waals surface area contributed by atoms with E-state index in [0.29, 0.717) is 17.8 Å². The summed E-state index contributed by atoms with van der Waals surface area (Å²) in [6.45, 7) is 0. The number of hydroxylamine groups is 2. The van der Waals surface area contributed by atoms with Gasteiger partial charge in [0, 0.05) is 5.54 Å². The van der Waals surface area contributed by atoms with Gasteiger partial charge in [-0.25, -0.2) is 0 Å². The molecule has 0 amide bonds. The van der Waals surface area contributed by atoms with Crippen LogP contribution in [0.1, 0.15) is 57.8 Å². The van der Waals surface area contributed by atoms with Crippen LogP contribution in [-0.4, -0.2) is 21.7 Å². The minimum atomic E-state index is -0.528. The second kappa shape index (κ2) is 3.06. The van der Waals surface area contributed by atoms with Gasteiger partial charge in [-0.05, 0) is 49.9 Å². The van der Waals surface area contributed by atoms with Crippen molar-refractivity contribution >= 4 is 0 Å². The first-order valence-corrected chi connectivity index (χ1v) is 8.04. The van der Waals surface area contributed by atoms with Crippen LogP contribution in [0.25, 0.3) is 0 Å². The third-order valence-corrected chi connectivity index (χ3v) is 7.53. The summed E-state index contributed by atoms with van der Waals surface area (Å²) in [7, 11) is 0. The Labute approximate surface area is 113 Å². The molecule has 4 heteroatoms. The monoisotopic (exact) mass is 261 g/mol. The Balaban J connectivity index is 1.73. The van der Waals surface area contributed by atoms with Crippen molar-refractivity contribution in [2.75, 3.05) is 0 Å². The molecule has 5 rings (SSSR count). The predicted molar refractivity (Wildman–Crippen MR) is 71.2 cm³/mol. The average Bonchev–Trinajstić information content (AvgIpc) is 2.75. The lowest BCUT2D eigenvalue weighted by Crippen LogP contribution is -2.46. The molecule has 1 heterocycles. The molecule has 1 saturated heterocycles. The fourth-order valence-corrected chi connectivity index (χ4v) is 7.29. The molecule has 7 atom stereocenters. The van der Waals surface area contributed by atoms with E-state index in [4.69, 9.17) is 0 Å². The summed E-state index contributed by atoms with van der Waals surface area (Å²) in [5, 5.41) is 17.8. The number of nitrogens with zero attached hydrogens (tertiary/aromatic N) is 2. The van der Waals surface area contributed by atoms with Crippen LogP contribution >= 0.6 is 0 Å². The maximum atomic E-state index is 12.8. The number of hydrogen-bond donors (Lipinski definition) is 0. The van der Waals surface area contributed by atoms with Gasteiger partial charge in [0.15, 0.2) is 0 Å². The highest BCUT2D eigenvalue weighted by Crippen LogP contribution is 2.82. The van der Waals surface area contributed by atoms with Crippen molar-refractivity contribution in [2.24, 2.45) is 22.9 Å². The van der Waals surface area contributed by atoms with Gasteiger partial charge >= 0.3 is 0 Å². The number of nitroso groups, excluding NO2 is 1. The van der Waals surface area contributed by atoms with E-state index in [0.717, 1.165) is 32.1 Å². The highest BCUT2D eigenvalue weighted by Gasteiger charge is 2.89. The molecule has 0 aromatic rings. The normalized spacial score (nSPS) is 65.1. The summed E-state index contributed by atoms with van der Waals surface area (Å²) < 4.78 is 0. The van der Waals surface area contributed by atoms with E-state index in [1.54, 1.807) is 0 Å². The minimum absolute atomic E-state index is 0.166. The maximum absolute atomic E-state index is 12.8. The number of hydrogen-bond acceptors (Lipinski definition) is 4. The third-order valence-electron chi connectivity index (χ3n) is 7.53. The van der Waals surface area contributed by atoms with Crippen molar-refractivity contribution in [2.45, 2.75) is 74.4 Å². The van der Waals surface area contributed by atoms with Gasteiger partial charge in [-0.1, -0.05) is 30.9 Å². The van der Waals surface area contributed by atoms with Gasteiger partial charge in [-0.15, -0.1) is 0 Å². The van der Waals surface area contributed by atoms with Gasteiger partial charge in [0.1, 0.15) is 5.54 Å². The van der Waals surface area contributed by atoms with Crippen LogP contribution in [0.2, 0.25) is 0 Å². The Morgan fingerprint density at radius 3 is 2.68 bits per heavy atom. The lowest BCUT2D eigenvalue weighted by molar-refractivity contribution is 0.154. The molecular weight excluding hydrogens is 240 g/mol. The topological polar surface area (TPSA) is 55.5 Å². The van der Waals surface area contributed by atoms with Crippen LogP contribution in [0.15, 0.2) is 5.18 Å². The van der Waals surface area contributed by atoms with Crippen LogP contribution in [0.3, 0.4) is 0 Å². The molecule has 4 nitrogen and oxygen atoms in total. The summed E-state index contributed by atoms with van der Waals surface area (Å²) >= 11 is 0. The van der Waals surface area contributed by atoms with E-state index in [9.17, 15) is 10.1 Å². The van der Waals surface area contributed by atoms with E-state index >= 15 is 0 Å². The summed E-state index contributed by atoms with van der Waals surface area (Å²) in [5.41, 5.74) is -1.05. The Kier molecular flexibility index (Phi) is 1.81. The molecule has 4 bridgehead atoms. The van der Waals surface area contributed by atoms with Gasteiger partial charge in [-0.2, -0.15) is 4.91 Å². The average molecular weight is 261 g/mol. The van der Waals surface area contributed by atoms with Gasteiger partial charge in [-0.3, -0.25) is 0 Å². The van der Waals surface area contributed by atoms with Crippen molar-refractivity contribution < 1.29 is 0 Å². The van der Waals surface area contributed by atoms with Gasteiger partial charge < -0.3 is 10.3 Å². The molecule has 2 spiro atoms. The third kappa shape index (κ3) is 0.873. The van der Waals surface area contributed by atoms with E-state index in [2.05, 4.69) is 5.18 Å². The fourth-order valence-electron chi connectivity index (χ4n) is 7.29. The molecule has 1 aliphatic heterocycles. The van der Waals surface area contributed by atoms with Gasteiger partial charge in [0.25, 0.3) is 0 Å². The van der Waals surface area contributed by atoms with Crippen LogP contribution in [0.4, 0.5) is 0 Å². The lowest BCUT2D eigenvalue weighted by atomic mass is 9.74. The second-order valence-corrected chi connectivity index (χ2v) is 7.81. The molecule has 0 radical (unpaired) electrons. The summed E-state index contributed by atoms with van der Waals surface area (Å²) in [5.74, 6) is 1.81. The van der Waals surface area contributed by atoms with E-state index < -0.39 is 5.54 Å². The highest BCUT2D eigenvalue weighted by molar-refractivity contribution is 5.47. The molecule has 5 fully saturated rings. The van der Waals surface area contributed by atoms with Gasteiger partial charge in [0.2, 0.25) is 0 Å². The van der Waals surface area contributed by atoms with E-state index in [1.165, 1.54) is 30.7 Å². The fraction of sp³-hybridized carbons (Fsp3) is 1.00. The maximum Gasteiger partial charge on any atom is 0.122 e. The molecule has 4 saturated carbocycles. The molecule has 0 aromatic heterocycles. The van der Waals surface area contributed by atoms with Crippen LogP contribution in [0.5, 0.6) is 0 Å². The van der Waals surface area contributed by atoms with E-state index in [1.807, 2.05) is 0 Å². The molecule has 19 heavy (non-hydrogen) atoms. The molecule has 4 aliphatic carbocycles. The first-order valence-electron chi connectivity index (χ1n) is 8.04. The SMILES string of the molecule is O=NC12CCCCC(C1)C1C3CCCC4(C3)N([O-])C124. The second-order valence-electron chi connectivity index (χ2n) is 7.81. The zero-order valence-corrected chi connectivity index (χ0v) is 11.3. The van der Waals surface area contributed by atoms with Gasteiger partial charge in [0.05, 0.1) is 5.54 Å². The Hall–Kier alpha value is -0.480. The van der Waals surface area contributed by atoms with Crippen LogP contribution in [0, 0.1) is 27.9 Å². The number of fused-ring (bicyclic) bond motifs is 5. The summed E-state index contributed by atoms with van der Waals surface area (Å²) in [6.07, 6.45) is 9.89. The Morgan fingerprint density at radius 1 is 1.05 bits per heavy atom. The number of rotatable bonds is 1. The van der Waals surface area contributed by atoms with Crippen molar-refractivity contribution in [3.63, 3.8) is 0 Å². The van der Waals surface area contributed by atoms with Crippen LogP contribution < -0.4 is 0 Å². The molecule has 104 valence electrons. The van der Waals surface area contributed by atoms with Crippen molar-refractivity contribution in [1.82, 2.24) is 5.06 Å². The largest absolute Gasteiger partial charge is 0.784 e. The van der Waals surface area contributed by atoms with Crippen molar-refractivity contribution in [3.05, 3.63) is 10.1 Å². The minimum Gasteiger partial charge on any atom is -0.784 e. The Morgan fingerprint density at radius 2 is 1.84 bits per heavy atom.